The van der Waals surface area contributed by atoms with E-state index in [4.69, 9.17) is 11.6 Å². The second kappa shape index (κ2) is 14.2. The molecule has 3 saturated heterocycles. The number of urea groups is 1. The molecule has 6 rings (SSSR count). The Labute approximate surface area is 280 Å². The molecule has 1 atom stereocenters. The average molecular weight is 697 g/mol. The summed E-state index contributed by atoms with van der Waals surface area (Å²) >= 11 is 7.59. The van der Waals surface area contributed by atoms with Crippen LogP contribution in [0, 0.1) is 5.92 Å². The van der Waals surface area contributed by atoms with Crippen LogP contribution in [0.5, 0.6) is 5.75 Å². The van der Waals surface area contributed by atoms with Crippen molar-refractivity contribution < 1.29 is 32.7 Å². The fourth-order valence-corrected chi connectivity index (χ4v) is 8.38. The van der Waals surface area contributed by atoms with Gasteiger partial charge in [-0.15, -0.1) is 11.3 Å². The van der Waals surface area contributed by atoms with E-state index in [0.717, 1.165) is 42.6 Å². The molecule has 0 spiro atoms. The molecule has 256 valence electrons. The lowest BCUT2D eigenvalue weighted by Crippen LogP contribution is -2.55. The minimum absolute atomic E-state index is 0.0390. The van der Waals surface area contributed by atoms with Gasteiger partial charge < -0.3 is 30.4 Å². The maximum Gasteiger partial charge on any atom is 0.420 e. The van der Waals surface area contributed by atoms with Gasteiger partial charge in [0.15, 0.2) is 0 Å². The molecule has 0 radical (unpaired) electrons. The first kappa shape index (κ1) is 33.8. The third-order valence-electron chi connectivity index (χ3n) is 9.95. The minimum atomic E-state index is -4.84. The zero-order valence-electron chi connectivity index (χ0n) is 26.0. The molecule has 15 heteroatoms. The maximum absolute atomic E-state index is 14.0. The lowest BCUT2D eigenvalue weighted by atomic mass is 9.92. The predicted octanol–water partition coefficient (Wildman–Crippen LogP) is 4.61. The van der Waals surface area contributed by atoms with Gasteiger partial charge in [-0.2, -0.15) is 13.2 Å². The number of nitrogens with zero attached hydrogens (tertiary/aromatic N) is 4. The molecule has 0 unspecified atom stereocenters. The summed E-state index contributed by atoms with van der Waals surface area (Å²) in [7, 11) is 0. The summed E-state index contributed by atoms with van der Waals surface area (Å²) in [5, 5.41) is 17.8. The van der Waals surface area contributed by atoms with E-state index in [2.05, 4.69) is 15.5 Å². The topological polar surface area (TPSA) is 108 Å². The number of piperidine rings is 2. The van der Waals surface area contributed by atoms with E-state index in [9.17, 15) is 32.7 Å². The molecule has 47 heavy (non-hydrogen) atoms. The number of carbonyl (C=O) groups excluding carboxylic acids is 3. The number of benzene rings is 1. The number of piperazine rings is 1. The van der Waals surface area contributed by atoms with Crippen molar-refractivity contribution in [2.45, 2.75) is 63.3 Å². The van der Waals surface area contributed by atoms with Crippen LogP contribution in [0.25, 0.3) is 0 Å². The molecule has 1 aromatic heterocycles. The van der Waals surface area contributed by atoms with E-state index in [1.54, 1.807) is 21.1 Å². The number of halogens is 4. The van der Waals surface area contributed by atoms with Gasteiger partial charge >= 0.3 is 12.2 Å². The van der Waals surface area contributed by atoms with Gasteiger partial charge in [-0.3, -0.25) is 14.5 Å². The summed E-state index contributed by atoms with van der Waals surface area (Å²) < 4.78 is 41.1. The Hall–Kier alpha value is -3.07. The summed E-state index contributed by atoms with van der Waals surface area (Å²) in [6, 6.07) is 4.20. The van der Waals surface area contributed by atoms with Crippen molar-refractivity contribution in [3.63, 3.8) is 0 Å². The van der Waals surface area contributed by atoms with Crippen LogP contribution in [0.15, 0.2) is 23.6 Å². The Morgan fingerprint density at radius 1 is 1.00 bits per heavy atom. The van der Waals surface area contributed by atoms with Crippen molar-refractivity contribution in [2.75, 3.05) is 57.7 Å². The molecule has 3 N–H and O–H groups in total. The first-order valence-electron chi connectivity index (χ1n) is 16.2. The Kier molecular flexibility index (Phi) is 10.2. The molecule has 0 aliphatic carbocycles. The van der Waals surface area contributed by atoms with Crippen LogP contribution in [-0.2, 0) is 28.7 Å². The Morgan fingerprint density at radius 2 is 1.70 bits per heavy atom. The van der Waals surface area contributed by atoms with Gasteiger partial charge in [0.05, 0.1) is 28.7 Å². The first-order chi connectivity index (χ1) is 22.5. The number of hydrogen-bond acceptors (Lipinski definition) is 7. The van der Waals surface area contributed by atoms with E-state index >= 15 is 0 Å². The highest BCUT2D eigenvalue weighted by molar-refractivity contribution is 7.10. The smallest absolute Gasteiger partial charge is 0.420 e. The van der Waals surface area contributed by atoms with Gasteiger partial charge in [-0.05, 0) is 74.3 Å². The quantitative estimate of drug-likeness (QED) is 0.391. The summed E-state index contributed by atoms with van der Waals surface area (Å²) in [5.74, 6) is -2.48. The van der Waals surface area contributed by atoms with Crippen molar-refractivity contribution >= 4 is 46.5 Å². The molecule has 3 fully saturated rings. The number of amides is 4. The number of likely N-dealkylation sites (tertiary alicyclic amines) is 1. The number of aromatic hydroxyl groups is 1. The van der Waals surface area contributed by atoms with E-state index < -0.39 is 28.4 Å². The van der Waals surface area contributed by atoms with E-state index in [0.29, 0.717) is 64.7 Å². The molecule has 10 nitrogen and oxygen atoms in total. The Balaban J connectivity index is 1.13. The van der Waals surface area contributed by atoms with Gasteiger partial charge in [0.25, 0.3) is 0 Å². The monoisotopic (exact) mass is 696 g/mol. The molecule has 4 amide bonds. The number of alkyl halides is 3. The number of phenols is 1. The second-order valence-electron chi connectivity index (χ2n) is 12.8. The third-order valence-corrected chi connectivity index (χ3v) is 11.1. The standard InChI is InChI=1S/C32H40ClF3N6O4S/c33-25-17-20(16-24(29(25)44)32(34,35)36)15-21(30(45)41-12-10-39(11-13-41)22-1-6-37-7-2-22)18-28(43)40-8-3-23(4-9-40)42-19-27-26(5-14-47-27)38-31(42)46/h5,14,16-17,21-23,37,44H,1-4,6-13,15,18-19H2,(H,38,46)/t21-/m0/s1. The first-order valence-corrected chi connectivity index (χ1v) is 17.5. The van der Waals surface area contributed by atoms with E-state index in [-0.39, 0.29) is 42.3 Å². The van der Waals surface area contributed by atoms with E-state index in [1.165, 1.54) is 6.07 Å². The fourth-order valence-electron chi connectivity index (χ4n) is 7.31. The molecule has 0 saturated carbocycles. The number of fused-ring (bicyclic) bond motifs is 1. The van der Waals surface area contributed by atoms with Crippen molar-refractivity contribution in [2.24, 2.45) is 5.92 Å². The SMILES string of the molecule is O=C(C[C@H](Cc1cc(Cl)c(O)c(C(F)(F)F)c1)C(=O)N1CCN(C2CCNCC2)CC1)N1CCC(N2Cc3sccc3NC2=O)CC1. The molecule has 1 aromatic carbocycles. The Bertz CT molecular complexity index is 1470. The third kappa shape index (κ3) is 7.65. The van der Waals surface area contributed by atoms with Crippen LogP contribution < -0.4 is 10.6 Å². The number of nitrogens with one attached hydrogen (secondary N) is 2. The molecule has 5 heterocycles. The molecule has 2 aromatic rings. The van der Waals surface area contributed by atoms with Crippen molar-refractivity contribution in [1.29, 1.82) is 0 Å². The van der Waals surface area contributed by atoms with Gasteiger partial charge in [-0.25, -0.2) is 4.79 Å². The summed E-state index contributed by atoms with van der Waals surface area (Å²) in [6.07, 6.45) is -1.88. The van der Waals surface area contributed by atoms with Crippen LogP contribution in [0.1, 0.15) is 48.1 Å². The maximum atomic E-state index is 14.0. The molecule has 0 bridgehead atoms. The van der Waals surface area contributed by atoms with Gasteiger partial charge in [0, 0.05) is 62.7 Å². The van der Waals surface area contributed by atoms with E-state index in [1.807, 2.05) is 16.3 Å². The Morgan fingerprint density at radius 3 is 2.38 bits per heavy atom. The van der Waals surface area contributed by atoms with Crippen molar-refractivity contribution in [3.05, 3.63) is 44.6 Å². The van der Waals surface area contributed by atoms with Crippen molar-refractivity contribution in [1.82, 2.24) is 24.9 Å². The molecular weight excluding hydrogens is 657 g/mol. The number of thiophene rings is 1. The summed E-state index contributed by atoms with van der Waals surface area (Å²) in [4.78, 5) is 49.1. The molecular formula is C32H40ClF3N6O4S. The highest BCUT2D eigenvalue weighted by Gasteiger charge is 2.38. The zero-order valence-corrected chi connectivity index (χ0v) is 27.6. The van der Waals surface area contributed by atoms with Crippen LogP contribution >= 0.6 is 22.9 Å². The summed E-state index contributed by atoms with van der Waals surface area (Å²) in [5.41, 5.74) is -0.307. The number of anilines is 1. The highest BCUT2D eigenvalue weighted by atomic mass is 35.5. The van der Waals surface area contributed by atoms with Crippen LogP contribution in [-0.4, -0.2) is 107 Å². The van der Waals surface area contributed by atoms with Gasteiger partial charge in [0.2, 0.25) is 11.8 Å². The molecule has 4 aliphatic rings. The predicted molar refractivity (Wildman–Crippen MR) is 172 cm³/mol. The normalized spacial score (nSPS) is 21.0. The number of carbonyl (C=O) groups is 3. The number of phenolic OH excluding ortho intramolecular Hbond substituents is 1. The minimum Gasteiger partial charge on any atom is -0.506 e. The van der Waals surface area contributed by atoms with Gasteiger partial charge in [-0.1, -0.05) is 11.6 Å². The average Bonchev–Trinajstić information content (AvgIpc) is 3.52. The van der Waals surface area contributed by atoms with Crippen LogP contribution in [0.2, 0.25) is 5.02 Å². The zero-order chi connectivity index (χ0) is 33.3. The lowest BCUT2D eigenvalue weighted by molar-refractivity contribution is -0.143. The van der Waals surface area contributed by atoms with Crippen LogP contribution in [0.3, 0.4) is 0 Å². The highest BCUT2D eigenvalue weighted by Crippen LogP contribution is 2.41. The number of rotatable bonds is 7. The molecule has 4 aliphatic heterocycles. The number of hydrogen-bond donors (Lipinski definition) is 3. The lowest BCUT2D eigenvalue weighted by Gasteiger charge is -2.42. The van der Waals surface area contributed by atoms with Crippen molar-refractivity contribution in [3.8, 4) is 5.75 Å². The fraction of sp³-hybridized carbons (Fsp3) is 0.594. The second-order valence-corrected chi connectivity index (χ2v) is 14.3. The summed E-state index contributed by atoms with van der Waals surface area (Å²) in [6.45, 7) is 5.61. The largest absolute Gasteiger partial charge is 0.506 e. The van der Waals surface area contributed by atoms with Gasteiger partial charge in [0.1, 0.15) is 5.75 Å². The van der Waals surface area contributed by atoms with Crippen LogP contribution in [0.4, 0.5) is 23.7 Å².